The summed E-state index contributed by atoms with van der Waals surface area (Å²) in [5.74, 6) is -0.125. The Balaban J connectivity index is 3.50. The first kappa shape index (κ1) is 12.3. The van der Waals surface area contributed by atoms with E-state index in [4.69, 9.17) is 21.6 Å². The summed E-state index contributed by atoms with van der Waals surface area (Å²) in [6.07, 6.45) is 0. The molecule has 0 aliphatic carbocycles. The Labute approximate surface area is 98.3 Å². The van der Waals surface area contributed by atoms with Crippen LogP contribution < -0.4 is 4.74 Å². The van der Waals surface area contributed by atoms with E-state index in [-0.39, 0.29) is 17.0 Å². The third kappa shape index (κ3) is 2.10. The smallest absolute Gasteiger partial charge is 0.343 e. The van der Waals surface area contributed by atoms with Gasteiger partial charge in [0.15, 0.2) is 0 Å². The van der Waals surface area contributed by atoms with Crippen molar-refractivity contribution in [2.45, 2.75) is 5.88 Å². The SMILES string of the molecule is COC(=O)c1c(C#N)ccc(CCl)c1OC. The van der Waals surface area contributed by atoms with Crippen molar-refractivity contribution >= 4 is 17.6 Å². The van der Waals surface area contributed by atoms with Gasteiger partial charge >= 0.3 is 5.97 Å². The lowest BCUT2D eigenvalue weighted by atomic mass is 10.0. The van der Waals surface area contributed by atoms with Gasteiger partial charge in [-0.2, -0.15) is 5.26 Å². The zero-order chi connectivity index (χ0) is 12.1. The van der Waals surface area contributed by atoms with Crippen LogP contribution in [0.1, 0.15) is 21.5 Å². The molecule has 0 heterocycles. The van der Waals surface area contributed by atoms with Crippen molar-refractivity contribution in [1.82, 2.24) is 0 Å². The molecule has 5 heteroatoms. The van der Waals surface area contributed by atoms with E-state index < -0.39 is 5.97 Å². The molecule has 0 saturated carbocycles. The Bertz CT molecular complexity index is 451. The molecule has 0 N–H and O–H groups in total. The van der Waals surface area contributed by atoms with E-state index in [9.17, 15) is 4.79 Å². The summed E-state index contributed by atoms with van der Waals surface area (Å²) in [7, 11) is 2.66. The maximum absolute atomic E-state index is 11.5. The van der Waals surface area contributed by atoms with E-state index in [2.05, 4.69) is 4.74 Å². The summed E-state index contributed by atoms with van der Waals surface area (Å²) >= 11 is 5.71. The first-order valence-electron chi connectivity index (χ1n) is 4.43. The maximum atomic E-state index is 11.5. The van der Waals surface area contributed by atoms with Gasteiger partial charge in [0.2, 0.25) is 0 Å². The molecule has 84 valence electrons. The zero-order valence-electron chi connectivity index (χ0n) is 8.91. The van der Waals surface area contributed by atoms with E-state index in [1.807, 2.05) is 6.07 Å². The number of carbonyl (C=O) groups excluding carboxylic acids is 1. The minimum atomic E-state index is -0.611. The van der Waals surface area contributed by atoms with Crippen LogP contribution in [0, 0.1) is 11.3 Å². The predicted molar refractivity (Wildman–Crippen MR) is 58.6 cm³/mol. The van der Waals surface area contributed by atoms with Crippen LogP contribution in [0.3, 0.4) is 0 Å². The lowest BCUT2D eigenvalue weighted by Crippen LogP contribution is -2.08. The molecule has 1 rings (SSSR count). The molecule has 0 saturated heterocycles. The molecule has 0 spiro atoms. The molecule has 4 nitrogen and oxygen atoms in total. The van der Waals surface area contributed by atoms with Crippen molar-refractivity contribution < 1.29 is 14.3 Å². The Morgan fingerprint density at radius 3 is 2.62 bits per heavy atom. The second-order valence-corrected chi connectivity index (χ2v) is 3.18. The maximum Gasteiger partial charge on any atom is 0.343 e. The van der Waals surface area contributed by atoms with Crippen LogP contribution >= 0.6 is 11.6 Å². The molecule has 0 aliphatic heterocycles. The minimum absolute atomic E-state index is 0.116. The first-order chi connectivity index (χ1) is 7.69. The van der Waals surface area contributed by atoms with Crippen LogP contribution in [0.15, 0.2) is 12.1 Å². The molecule has 1 aromatic carbocycles. The quantitative estimate of drug-likeness (QED) is 0.599. The number of alkyl halides is 1. The highest BCUT2D eigenvalue weighted by molar-refractivity contribution is 6.17. The van der Waals surface area contributed by atoms with Gasteiger partial charge in [0.25, 0.3) is 0 Å². The van der Waals surface area contributed by atoms with Gasteiger partial charge in [-0.25, -0.2) is 4.79 Å². The molecular weight excluding hydrogens is 230 g/mol. The van der Waals surface area contributed by atoms with Crippen molar-refractivity contribution in [3.05, 3.63) is 28.8 Å². The molecule has 0 radical (unpaired) electrons. The number of carbonyl (C=O) groups is 1. The first-order valence-corrected chi connectivity index (χ1v) is 4.97. The van der Waals surface area contributed by atoms with Gasteiger partial charge in [0, 0.05) is 5.56 Å². The Hall–Kier alpha value is -1.73. The van der Waals surface area contributed by atoms with Gasteiger partial charge in [-0.1, -0.05) is 6.07 Å². The lowest BCUT2D eigenvalue weighted by molar-refractivity contribution is 0.0596. The second kappa shape index (κ2) is 5.38. The number of rotatable bonds is 3. The van der Waals surface area contributed by atoms with E-state index in [1.165, 1.54) is 20.3 Å². The summed E-state index contributed by atoms with van der Waals surface area (Å²) in [4.78, 5) is 11.5. The predicted octanol–water partition coefficient (Wildman–Crippen LogP) is 2.09. The normalized spacial score (nSPS) is 9.38. The number of methoxy groups -OCH3 is 2. The van der Waals surface area contributed by atoms with Crippen LogP contribution in [0.2, 0.25) is 0 Å². The fraction of sp³-hybridized carbons (Fsp3) is 0.273. The number of nitrogens with zero attached hydrogens (tertiary/aromatic N) is 1. The molecule has 0 fully saturated rings. The van der Waals surface area contributed by atoms with Gasteiger partial charge in [-0.3, -0.25) is 0 Å². The molecule has 0 amide bonds. The molecule has 0 aliphatic rings. The van der Waals surface area contributed by atoms with Crippen LogP contribution in [-0.2, 0) is 10.6 Å². The van der Waals surface area contributed by atoms with Crippen molar-refractivity contribution in [1.29, 1.82) is 5.26 Å². The highest BCUT2D eigenvalue weighted by atomic mass is 35.5. The number of nitriles is 1. The number of halogens is 1. The molecule has 0 bridgehead atoms. The van der Waals surface area contributed by atoms with Crippen LogP contribution in [0.25, 0.3) is 0 Å². The van der Waals surface area contributed by atoms with Crippen LogP contribution in [-0.4, -0.2) is 20.2 Å². The minimum Gasteiger partial charge on any atom is -0.495 e. The van der Waals surface area contributed by atoms with Gasteiger partial charge in [0.1, 0.15) is 17.4 Å². The topological polar surface area (TPSA) is 59.3 Å². The van der Waals surface area contributed by atoms with Crippen molar-refractivity contribution in [2.75, 3.05) is 14.2 Å². The highest BCUT2D eigenvalue weighted by Gasteiger charge is 2.20. The number of hydrogen-bond donors (Lipinski definition) is 0. The molecule has 0 atom stereocenters. The Morgan fingerprint density at radius 2 is 2.19 bits per heavy atom. The van der Waals surface area contributed by atoms with Gasteiger partial charge in [-0.05, 0) is 6.07 Å². The van der Waals surface area contributed by atoms with Gasteiger partial charge in [0.05, 0.1) is 25.7 Å². The highest BCUT2D eigenvalue weighted by Crippen LogP contribution is 2.28. The fourth-order valence-electron chi connectivity index (χ4n) is 1.36. The number of esters is 1. The molecule has 0 aromatic heterocycles. The van der Waals surface area contributed by atoms with Crippen molar-refractivity contribution in [3.8, 4) is 11.8 Å². The number of ether oxygens (including phenoxy) is 2. The standard InChI is InChI=1S/C11H10ClNO3/c1-15-10-7(5-12)3-4-8(6-13)9(10)11(14)16-2/h3-4H,5H2,1-2H3. The van der Waals surface area contributed by atoms with E-state index in [0.29, 0.717) is 11.3 Å². The van der Waals surface area contributed by atoms with Crippen molar-refractivity contribution in [2.24, 2.45) is 0 Å². The zero-order valence-corrected chi connectivity index (χ0v) is 9.67. The molecule has 1 aromatic rings. The van der Waals surface area contributed by atoms with E-state index in [0.717, 1.165) is 0 Å². The largest absolute Gasteiger partial charge is 0.495 e. The third-order valence-electron chi connectivity index (χ3n) is 2.10. The van der Waals surface area contributed by atoms with E-state index >= 15 is 0 Å². The summed E-state index contributed by atoms with van der Waals surface area (Å²) in [6, 6.07) is 5.08. The number of hydrogen-bond acceptors (Lipinski definition) is 4. The summed E-state index contributed by atoms with van der Waals surface area (Å²) in [5, 5.41) is 8.90. The lowest BCUT2D eigenvalue weighted by Gasteiger charge is -2.11. The van der Waals surface area contributed by atoms with Crippen LogP contribution in [0.4, 0.5) is 0 Å². The number of benzene rings is 1. The fourth-order valence-corrected chi connectivity index (χ4v) is 1.57. The third-order valence-corrected chi connectivity index (χ3v) is 2.39. The van der Waals surface area contributed by atoms with Crippen LogP contribution in [0.5, 0.6) is 5.75 Å². The summed E-state index contributed by atoms with van der Waals surface area (Å²) in [5.41, 5.74) is 0.965. The average molecular weight is 240 g/mol. The van der Waals surface area contributed by atoms with Crippen molar-refractivity contribution in [3.63, 3.8) is 0 Å². The van der Waals surface area contributed by atoms with Gasteiger partial charge < -0.3 is 9.47 Å². The monoisotopic (exact) mass is 239 g/mol. The van der Waals surface area contributed by atoms with Gasteiger partial charge in [-0.15, -0.1) is 11.6 Å². The second-order valence-electron chi connectivity index (χ2n) is 2.92. The molecular formula is C11H10ClNO3. The molecule has 16 heavy (non-hydrogen) atoms. The Morgan fingerprint density at radius 1 is 1.50 bits per heavy atom. The van der Waals surface area contributed by atoms with E-state index in [1.54, 1.807) is 6.07 Å². The summed E-state index contributed by atoms with van der Waals surface area (Å²) in [6.45, 7) is 0. The average Bonchev–Trinajstić information content (AvgIpc) is 2.35. The Kier molecular flexibility index (Phi) is 4.15. The molecule has 0 unspecified atom stereocenters. The summed E-state index contributed by atoms with van der Waals surface area (Å²) < 4.78 is 9.70.